The molecular weight excluding hydrogens is 464 g/mol. The zero-order chi connectivity index (χ0) is 21.1. The highest BCUT2D eigenvalue weighted by Crippen LogP contribution is 2.46. The summed E-state index contributed by atoms with van der Waals surface area (Å²) in [6.07, 6.45) is 0. The minimum absolute atomic E-state index is 0.00133. The minimum atomic E-state index is -0.274. The molecule has 7 heteroatoms. The van der Waals surface area contributed by atoms with Crippen molar-refractivity contribution < 1.29 is 14.3 Å². The molecule has 2 amide bonds. The number of thioether (sulfide) groups is 1. The predicted molar refractivity (Wildman–Crippen MR) is 124 cm³/mol. The average molecular weight is 483 g/mol. The van der Waals surface area contributed by atoms with Crippen LogP contribution in [-0.4, -0.2) is 24.7 Å². The van der Waals surface area contributed by atoms with Crippen LogP contribution in [0.25, 0.3) is 0 Å². The van der Waals surface area contributed by atoms with E-state index in [1.165, 1.54) is 11.8 Å². The van der Waals surface area contributed by atoms with Gasteiger partial charge in [0.2, 0.25) is 5.91 Å². The van der Waals surface area contributed by atoms with Crippen molar-refractivity contribution in [3.05, 3.63) is 88.4 Å². The molecule has 1 saturated heterocycles. The van der Waals surface area contributed by atoms with Crippen molar-refractivity contribution >= 4 is 50.9 Å². The molecule has 0 saturated carbocycles. The van der Waals surface area contributed by atoms with Crippen LogP contribution >= 0.6 is 27.7 Å². The molecule has 1 atom stereocenters. The number of para-hydroxylation sites is 3. The molecular formula is C23H19BrN2O3S. The van der Waals surface area contributed by atoms with Crippen molar-refractivity contribution in [3.8, 4) is 5.75 Å². The topological polar surface area (TPSA) is 58.6 Å². The molecule has 3 aromatic rings. The fourth-order valence-electron chi connectivity index (χ4n) is 3.40. The summed E-state index contributed by atoms with van der Waals surface area (Å²) in [7, 11) is 1.59. The smallest absolute Gasteiger partial charge is 0.256 e. The summed E-state index contributed by atoms with van der Waals surface area (Å²) < 4.78 is 6.20. The van der Waals surface area contributed by atoms with E-state index in [-0.39, 0.29) is 17.2 Å². The number of nitrogens with zero attached hydrogens (tertiary/aromatic N) is 1. The molecule has 5 nitrogen and oxygen atoms in total. The lowest BCUT2D eigenvalue weighted by molar-refractivity contribution is -0.115. The molecule has 1 heterocycles. The van der Waals surface area contributed by atoms with Gasteiger partial charge in [0.05, 0.1) is 24.1 Å². The standard InChI is InChI=1S/C23H19BrN2O3S/c1-29-20-13-7-6-12-19(20)26-21(27)14-30-23(26)16-9-3-5-11-18(16)25-22(28)15-8-2-4-10-17(15)24/h2-13,23H,14H2,1H3,(H,25,28). The Kier molecular flexibility index (Phi) is 6.11. The third kappa shape index (κ3) is 3.95. The Morgan fingerprint density at radius 1 is 1.07 bits per heavy atom. The van der Waals surface area contributed by atoms with Gasteiger partial charge in [-0.05, 0) is 46.3 Å². The second-order valence-corrected chi connectivity index (χ2v) is 8.54. The maximum absolute atomic E-state index is 12.9. The van der Waals surface area contributed by atoms with Crippen LogP contribution in [0.1, 0.15) is 21.3 Å². The molecule has 4 rings (SSSR count). The van der Waals surface area contributed by atoms with Gasteiger partial charge in [-0.3, -0.25) is 14.5 Å². The van der Waals surface area contributed by atoms with Gasteiger partial charge in [0.1, 0.15) is 11.1 Å². The van der Waals surface area contributed by atoms with Gasteiger partial charge < -0.3 is 10.1 Å². The lowest BCUT2D eigenvalue weighted by atomic mass is 10.1. The highest BCUT2D eigenvalue weighted by Gasteiger charge is 2.36. The van der Waals surface area contributed by atoms with Crippen LogP contribution in [0.2, 0.25) is 0 Å². The molecule has 1 aliphatic heterocycles. The molecule has 1 unspecified atom stereocenters. The van der Waals surface area contributed by atoms with Gasteiger partial charge in [0, 0.05) is 15.7 Å². The van der Waals surface area contributed by atoms with Gasteiger partial charge in [-0.2, -0.15) is 0 Å². The van der Waals surface area contributed by atoms with Gasteiger partial charge in [0.25, 0.3) is 5.91 Å². The molecule has 0 bridgehead atoms. The average Bonchev–Trinajstić information content (AvgIpc) is 3.15. The van der Waals surface area contributed by atoms with Crippen LogP contribution in [0.4, 0.5) is 11.4 Å². The normalized spacial score (nSPS) is 15.9. The number of hydrogen-bond acceptors (Lipinski definition) is 4. The van der Waals surface area contributed by atoms with Crippen LogP contribution in [0.3, 0.4) is 0 Å². The van der Waals surface area contributed by atoms with Crippen molar-refractivity contribution in [2.45, 2.75) is 5.37 Å². The van der Waals surface area contributed by atoms with Gasteiger partial charge in [0.15, 0.2) is 0 Å². The second-order valence-electron chi connectivity index (χ2n) is 6.62. The second kappa shape index (κ2) is 8.93. The quantitative estimate of drug-likeness (QED) is 0.522. The number of ether oxygens (including phenoxy) is 1. The summed E-state index contributed by atoms with van der Waals surface area (Å²) in [5, 5.41) is 2.73. The number of hydrogen-bond donors (Lipinski definition) is 1. The fraction of sp³-hybridized carbons (Fsp3) is 0.130. The van der Waals surface area contributed by atoms with Gasteiger partial charge >= 0.3 is 0 Å². The summed E-state index contributed by atoms with van der Waals surface area (Å²) in [5.74, 6) is 0.775. The van der Waals surface area contributed by atoms with E-state index in [9.17, 15) is 9.59 Å². The molecule has 0 aromatic heterocycles. The van der Waals surface area contributed by atoms with Gasteiger partial charge in [-0.1, -0.05) is 42.5 Å². The summed E-state index contributed by atoms with van der Waals surface area (Å²) >= 11 is 4.95. The first-order valence-corrected chi connectivity index (χ1v) is 11.2. The van der Waals surface area contributed by atoms with Gasteiger partial charge in [-0.15, -0.1) is 11.8 Å². The highest BCUT2D eigenvalue weighted by molar-refractivity contribution is 9.10. The summed E-state index contributed by atoms with van der Waals surface area (Å²) in [5.41, 5.74) is 2.79. The van der Waals surface area contributed by atoms with Gasteiger partial charge in [-0.25, -0.2) is 0 Å². The number of anilines is 2. The number of carbonyl (C=O) groups is 2. The third-order valence-corrected chi connectivity index (χ3v) is 6.69. The minimum Gasteiger partial charge on any atom is -0.495 e. The number of rotatable bonds is 5. The Bertz CT molecular complexity index is 1110. The number of benzene rings is 3. The van der Waals surface area contributed by atoms with Crippen molar-refractivity contribution in [1.29, 1.82) is 0 Å². The molecule has 1 aliphatic rings. The molecule has 152 valence electrons. The molecule has 3 aromatic carbocycles. The number of methoxy groups -OCH3 is 1. The largest absolute Gasteiger partial charge is 0.495 e. The summed E-state index contributed by atoms with van der Waals surface area (Å²) in [6, 6.07) is 22.3. The van der Waals surface area contributed by atoms with E-state index >= 15 is 0 Å². The van der Waals surface area contributed by atoms with E-state index in [1.54, 1.807) is 18.1 Å². The SMILES string of the molecule is COc1ccccc1N1C(=O)CSC1c1ccccc1NC(=O)c1ccccc1Br. The van der Waals surface area contributed by atoms with E-state index in [4.69, 9.17) is 4.74 Å². The molecule has 0 aliphatic carbocycles. The highest BCUT2D eigenvalue weighted by atomic mass is 79.9. The zero-order valence-corrected chi connectivity index (χ0v) is 18.6. The van der Waals surface area contributed by atoms with Crippen LogP contribution in [0.15, 0.2) is 77.3 Å². The van der Waals surface area contributed by atoms with Crippen molar-refractivity contribution in [1.82, 2.24) is 0 Å². The van der Waals surface area contributed by atoms with E-state index < -0.39 is 0 Å². The van der Waals surface area contributed by atoms with E-state index in [1.807, 2.05) is 66.7 Å². The first-order chi connectivity index (χ1) is 14.6. The van der Waals surface area contributed by atoms with E-state index in [0.717, 1.165) is 10.0 Å². The molecule has 30 heavy (non-hydrogen) atoms. The van der Waals surface area contributed by atoms with Crippen LogP contribution < -0.4 is 15.0 Å². The predicted octanol–water partition coefficient (Wildman–Crippen LogP) is 5.49. The fourth-order valence-corrected chi connectivity index (χ4v) is 5.07. The first kappa shape index (κ1) is 20.5. The number of halogens is 1. The van der Waals surface area contributed by atoms with Crippen molar-refractivity contribution in [2.75, 3.05) is 23.1 Å². The number of nitrogens with one attached hydrogen (secondary N) is 1. The lowest BCUT2D eigenvalue weighted by Crippen LogP contribution is -2.29. The zero-order valence-electron chi connectivity index (χ0n) is 16.2. The number of amides is 2. The summed E-state index contributed by atoms with van der Waals surface area (Å²) in [6.45, 7) is 0. The monoisotopic (exact) mass is 482 g/mol. The Hall–Kier alpha value is -2.77. The molecule has 0 radical (unpaired) electrons. The van der Waals surface area contributed by atoms with Crippen molar-refractivity contribution in [3.63, 3.8) is 0 Å². The Balaban J connectivity index is 1.70. The summed E-state index contributed by atoms with van der Waals surface area (Å²) in [4.78, 5) is 27.4. The van der Waals surface area contributed by atoms with Crippen LogP contribution in [-0.2, 0) is 4.79 Å². The maximum Gasteiger partial charge on any atom is 0.256 e. The molecule has 1 N–H and O–H groups in total. The van der Waals surface area contributed by atoms with Crippen LogP contribution in [0.5, 0.6) is 5.75 Å². The van der Waals surface area contributed by atoms with Crippen molar-refractivity contribution in [2.24, 2.45) is 0 Å². The molecule has 1 fully saturated rings. The van der Waals surface area contributed by atoms with E-state index in [2.05, 4.69) is 21.2 Å². The Morgan fingerprint density at radius 2 is 1.77 bits per heavy atom. The van der Waals surface area contributed by atoms with Crippen LogP contribution in [0, 0.1) is 0 Å². The molecule has 0 spiro atoms. The Labute approximate surface area is 187 Å². The maximum atomic E-state index is 12.9. The Morgan fingerprint density at radius 3 is 2.57 bits per heavy atom. The lowest BCUT2D eigenvalue weighted by Gasteiger charge is -2.27. The first-order valence-electron chi connectivity index (χ1n) is 9.31. The number of carbonyl (C=O) groups excluding carboxylic acids is 2. The van der Waals surface area contributed by atoms with E-state index in [0.29, 0.717) is 28.4 Å². The third-order valence-electron chi connectivity index (χ3n) is 4.81.